The molecule has 1 aromatic rings. The molecule has 1 aromatic carbocycles. The number of ether oxygens (including phenoxy) is 4. The minimum atomic E-state index is -1.75. The first-order chi connectivity index (χ1) is 19.2. The molecule has 0 bridgehead atoms. The van der Waals surface area contributed by atoms with Crippen molar-refractivity contribution in [1.29, 1.82) is 0 Å². The van der Waals surface area contributed by atoms with Gasteiger partial charge in [0, 0.05) is 6.54 Å². The number of rotatable bonds is 12. The van der Waals surface area contributed by atoms with Gasteiger partial charge in [0.05, 0.1) is 20.1 Å². The maximum Gasteiger partial charge on any atom is 0.408 e. The molecule has 2 rings (SSSR count). The summed E-state index contributed by atoms with van der Waals surface area (Å²) in [6, 6.07) is 6.66. The lowest BCUT2D eigenvalue weighted by molar-refractivity contribution is -0.263. The van der Waals surface area contributed by atoms with Crippen molar-refractivity contribution in [3.05, 3.63) is 35.9 Å². The molecule has 41 heavy (non-hydrogen) atoms. The van der Waals surface area contributed by atoms with E-state index in [1.54, 1.807) is 45.0 Å². The number of hydrogen-bond donors (Lipinski definition) is 5. The largest absolute Gasteiger partial charge is 0.469 e. The maximum atomic E-state index is 13.4. The van der Waals surface area contributed by atoms with Crippen molar-refractivity contribution in [2.24, 2.45) is 5.92 Å². The molecule has 0 radical (unpaired) electrons. The summed E-state index contributed by atoms with van der Waals surface area (Å²) in [7, 11) is 1.21. The van der Waals surface area contributed by atoms with E-state index in [-0.39, 0.29) is 31.9 Å². The van der Waals surface area contributed by atoms with E-state index in [2.05, 4.69) is 20.7 Å². The number of aliphatic hydroxyl groups excluding tert-OH is 2. The van der Waals surface area contributed by atoms with Gasteiger partial charge in [-0.15, -0.1) is 0 Å². The van der Waals surface area contributed by atoms with E-state index in [1.807, 2.05) is 19.9 Å². The standard InChI is InChI=1S/C28H43N3O10/c1-16(2)14-18(30-27(37)41-28(3,4)5)24(35)31-20-21(33)22(34)23(25(36)29-13-12-19(32)38-6)40-26(20)39-15-17-10-8-7-9-11-17/h7-11,16,18,20-23,26,33-34H,12-15H2,1-6H3,(H,29,36)(H,30,37)(H,31,35)/t18-,20?,21+,22+,23-,26-/m0/s1. The average molecular weight is 582 g/mol. The van der Waals surface area contributed by atoms with Crippen LogP contribution in [0.15, 0.2) is 30.3 Å². The molecule has 1 unspecified atom stereocenters. The molecule has 1 heterocycles. The van der Waals surface area contributed by atoms with Gasteiger partial charge in [0.2, 0.25) is 5.91 Å². The fourth-order valence-corrected chi connectivity index (χ4v) is 4.04. The smallest absolute Gasteiger partial charge is 0.408 e. The molecule has 1 saturated heterocycles. The van der Waals surface area contributed by atoms with E-state index in [1.165, 1.54) is 7.11 Å². The number of carbonyl (C=O) groups is 4. The first kappa shape index (κ1) is 33.9. The van der Waals surface area contributed by atoms with E-state index in [9.17, 15) is 29.4 Å². The van der Waals surface area contributed by atoms with Crippen molar-refractivity contribution in [1.82, 2.24) is 16.0 Å². The molecule has 0 aliphatic carbocycles. The Hall–Kier alpha value is -3.26. The minimum Gasteiger partial charge on any atom is -0.469 e. The third-order valence-corrected chi connectivity index (χ3v) is 6.00. The van der Waals surface area contributed by atoms with Crippen molar-refractivity contribution < 1.29 is 48.3 Å². The molecule has 1 aliphatic heterocycles. The fourth-order valence-electron chi connectivity index (χ4n) is 4.04. The van der Waals surface area contributed by atoms with Crippen LogP contribution in [0, 0.1) is 5.92 Å². The highest BCUT2D eigenvalue weighted by molar-refractivity contribution is 5.86. The Kier molecular flexibility index (Phi) is 13.0. The molecule has 0 aromatic heterocycles. The van der Waals surface area contributed by atoms with Gasteiger partial charge < -0.3 is 45.1 Å². The summed E-state index contributed by atoms with van der Waals surface area (Å²) in [5.74, 6) is -2.00. The number of aliphatic hydroxyl groups is 2. The van der Waals surface area contributed by atoms with Crippen molar-refractivity contribution in [2.75, 3.05) is 13.7 Å². The lowest BCUT2D eigenvalue weighted by Gasteiger charge is -2.42. The third kappa shape index (κ3) is 11.3. The highest BCUT2D eigenvalue weighted by Gasteiger charge is 2.49. The zero-order valence-electron chi connectivity index (χ0n) is 24.4. The molecule has 1 fully saturated rings. The van der Waals surface area contributed by atoms with Crippen LogP contribution in [0.4, 0.5) is 4.79 Å². The van der Waals surface area contributed by atoms with E-state index >= 15 is 0 Å². The Balaban J connectivity index is 2.23. The van der Waals surface area contributed by atoms with E-state index in [0.717, 1.165) is 5.56 Å². The van der Waals surface area contributed by atoms with E-state index < -0.39 is 66.2 Å². The van der Waals surface area contributed by atoms with Crippen LogP contribution in [0.25, 0.3) is 0 Å². The number of nitrogens with one attached hydrogen (secondary N) is 3. The summed E-state index contributed by atoms with van der Waals surface area (Å²) < 4.78 is 21.5. The summed E-state index contributed by atoms with van der Waals surface area (Å²) >= 11 is 0. The topological polar surface area (TPSA) is 182 Å². The molecule has 13 heteroatoms. The van der Waals surface area contributed by atoms with Crippen molar-refractivity contribution >= 4 is 23.9 Å². The third-order valence-electron chi connectivity index (χ3n) is 6.00. The number of amides is 3. The monoisotopic (exact) mass is 581 g/mol. The van der Waals surface area contributed by atoms with Crippen LogP contribution in [0.2, 0.25) is 0 Å². The molecule has 3 amide bonds. The second-order valence-corrected chi connectivity index (χ2v) is 11.2. The predicted octanol–water partition coefficient (Wildman–Crippen LogP) is 0.753. The first-order valence-corrected chi connectivity index (χ1v) is 13.5. The number of esters is 1. The van der Waals surface area contributed by atoms with Gasteiger partial charge in [-0.25, -0.2) is 4.79 Å². The van der Waals surface area contributed by atoms with Gasteiger partial charge in [-0.05, 0) is 38.7 Å². The van der Waals surface area contributed by atoms with Gasteiger partial charge in [0.1, 0.15) is 29.9 Å². The zero-order valence-corrected chi connectivity index (χ0v) is 24.4. The highest BCUT2D eigenvalue weighted by atomic mass is 16.7. The molecule has 0 saturated carbocycles. The van der Waals surface area contributed by atoms with E-state index in [0.29, 0.717) is 0 Å². The molecule has 5 N–H and O–H groups in total. The normalized spacial score (nSPS) is 23.3. The van der Waals surface area contributed by atoms with Crippen LogP contribution in [-0.2, 0) is 39.9 Å². The van der Waals surface area contributed by atoms with Crippen molar-refractivity contribution in [3.63, 3.8) is 0 Å². The molecular formula is C28H43N3O10. The van der Waals surface area contributed by atoms with Crippen molar-refractivity contribution in [3.8, 4) is 0 Å². The highest BCUT2D eigenvalue weighted by Crippen LogP contribution is 2.24. The number of alkyl carbamates (subject to hydrolysis) is 1. The zero-order chi connectivity index (χ0) is 30.7. The first-order valence-electron chi connectivity index (χ1n) is 13.5. The molecule has 1 aliphatic rings. The summed E-state index contributed by atoms with van der Waals surface area (Å²) in [5.41, 5.74) is -0.0337. The number of hydrogen-bond acceptors (Lipinski definition) is 10. The van der Waals surface area contributed by atoms with Gasteiger partial charge in [0.25, 0.3) is 5.91 Å². The summed E-state index contributed by atoms with van der Waals surface area (Å²) in [6.45, 7) is 8.73. The fraction of sp³-hybridized carbons (Fsp3) is 0.643. The number of carbonyl (C=O) groups excluding carboxylic acids is 4. The Morgan fingerprint density at radius 1 is 1.05 bits per heavy atom. The summed E-state index contributed by atoms with van der Waals surface area (Å²) in [5, 5.41) is 29.5. The van der Waals surface area contributed by atoms with Crippen LogP contribution in [0.1, 0.15) is 53.0 Å². The lowest BCUT2D eigenvalue weighted by Crippen LogP contribution is -2.67. The van der Waals surface area contributed by atoms with Crippen LogP contribution >= 0.6 is 0 Å². The van der Waals surface area contributed by atoms with Gasteiger partial charge in [0.15, 0.2) is 12.4 Å². The molecule has 0 spiro atoms. The van der Waals surface area contributed by atoms with Crippen molar-refractivity contribution in [2.45, 2.75) is 96.4 Å². The Morgan fingerprint density at radius 3 is 2.29 bits per heavy atom. The second-order valence-electron chi connectivity index (χ2n) is 11.2. The molecule has 230 valence electrons. The predicted molar refractivity (Wildman–Crippen MR) is 146 cm³/mol. The SMILES string of the molecule is COC(=O)CCNC(=O)[C@H]1O[C@H](OCc2ccccc2)C(NC(=O)[C@H](CC(C)C)NC(=O)OC(C)(C)C)[C@@H](O)[C@H]1O. The molecule has 13 nitrogen and oxygen atoms in total. The molecular weight excluding hydrogens is 538 g/mol. The van der Waals surface area contributed by atoms with Gasteiger partial charge in [-0.1, -0.05) is 44.2 Å². The lowest BCUT2D eigenvalue weighted by atomic mass is 9.95. The summed E-state index contributed by atoms with van der Waals surface area (Å²) in [4.78, 5) is 49.9. The second kappa shape index (κ2) is 15.7. The minimum absolute atomic E-state index is 0.00185. The maximum absolute atomic E-state index is 13.4. The van der Waals surface area contributed by atoms with Crippen LogP contribution in [-0.4, -0.2) is 90.0 Å². The van der Waals surface area contributed by atoms with Gasteiger partial charge in [-0.2, -0.15) is 0 Å². The number of benzene rings is 1. The van der Waals surface area contributed by atoms with E-state index in [4.69, 9.17) is 14.2 Å². The van der Waals surface area contributed by atoms with Gasteiger partial charge >= 0.3 is 12.1 Å². The molecule has 6 atom stereocenters. The number of methoxy groups -OCH3 is 1. The van der Waals surface area contributed by atoms with Crippen LogP contribution in [0.5, 0.6) is 0 Å². The van der Waals surface area contributed by atoms with Crippen LogP contribution in [0.3, 0.4) is 0 Å². The van der Waals surface area contributed by atoms with Crippen LogP contribution < -0.4 is 16.0 Å². The Bertz CT molecular complexity index is 1010. The van der Waals surface area contributed by atoms with Gasteiger partial charge in [-0.3, -0.25) is 14.4 Å². The Morgan fingerprint density at radius 2 is 1.71 bits per heavy atom. The average Bonchev–Trinajstić information content (AvgIpc) is 2.89. The summed E-state index contributed by atoms with van der Waals surface area (Å²) in [6.07, 6.45) is -7.03. The quantitative estimate of drug-likeness (QED) is 0.221. The Labute approximate surface area is 240 Å².